The molecule has 0 fully saturated rings. The molecule has 0 bridgehead atoms. The third-order valence-electron chi connectivity index (χ3n) is 1.86. The summed E-state index contributed by atoms with van der Waals surface area (Å²) in [6.45, 7) is -0.615. The number of carbonyl (C=O) groups excluding carboxylic acids is 1. The van der Waals surface area contributed by atoms with Gasteiger partial charge in [-0.05, 0) is 0 Å². The molecular formula is C8H12N4O6. The number of H-pyrrole nitrogens is 2. The van der Waals surface area contributed by atoms with Crippen LogP contribution in [-0.4, -0.2) is 45.5 Å². The Bertz CT molecular complexity index is 536. The van der Waals surface area contributed by atoms with Gasteiger partial charge in [0.1, 0.15) is 6.61 Å². The molecule has 1 amide bonds. The summed E-state index contributed by atoms with van der Waals surface area (Å²) in [6.07, 6.45) is -0.780. The number of aromatic amines is 2. The first kappa shape index (κ1) is 13.7. The summed E-state index contributed by atoms with van der Waals surface area (Å²) >= 11 is 0. The summed E-state index contributed by atoms with van der Waals surface area (Å²) in [4.78, 5) is 47.8. The molecule has 1 rings (SSSR count). The molecule has 10 nitrogen and oxygen atoms in total. The smallest absolute Gasteiger partial charge is 0.407 e. The van der Waals surface area contributed by atoms with E-state index in [-0.39, 0.29) is 26.3 Å². The maximum atomic E-state index is 11.2. The lowest BCUT2D eigenvalue weighted by Gasteiger charge is -2.06. The van der Waals surface area contributed by atoms with Gasteiger partial charge in [-0.25, -0.2) is 23.7 Å². The van der Waals surface area contributed by atoms with Crippen molar-refractivity contribution in [3.8, 4) is 0 Å². The highest BCUT2D eigenvalue weighted by Crippen LogP contribution is 1.79. The number of amides is 1. The quantitative estimate of drug-likeness (QED) is 0.442. The number of hydrogen-bond acceptors (Lipinski definition) is 6. The predicted octanol–water partition coefficient (Wildman–Crippen LogP) is -3.06. The molecule has 0 atom stereocenters. The zero-order valence-corrected chi connectivity index (χ0v) is 9.26. The van der Waals surface area contributed by atoms with E-state index in [4.69, 9.17) is 5.11 Å². The molecule has 1 aromatic rings. The van der Waals surface area contributed by atoms with Crippen LogP contribution in [0, 0.1) is 0 Å². The molecule has 0 unspecified atom stereocenters. The maximum Gasteiger partial charge on any atom is 0.407 e. The van der Waals surface area contributed by atoms with Crippen LogP contribution in [0.2, 0.25) is 0 Å². The molecule has 1 heterocycles. The van der Waals surface area contributed by atoms with E-state index in [0.29, 0.717) is 4.57 Å². The van der Waals surface area contributed by atoms with E-state index in [1.54, 1.807) is 0 Å². The van der Waals surface area contributed by atoms with Gasteiger partial charge in [0.2, 0.25) is 0 Å². The molecule has 18 heavy (non-hydrogen) atoms. The molecule has 0 aliphatic heterocycles. The van der Waals surface area contributed by atoms with Crippen LogP contribution in [0.1, 0.15) is 0 Å². The van der Waals surface area contributed by atoms with Gasteiger partial charge in [0, 0.05) is 6.54 Å². The largest absolute Gasteiger partial charge is 0.448 e. The molecule has 0 saturated heterocycles. The third-order valence-corrected chi connectivity index (χ3v) is 1.86. The monoisotopic (exact) mass is 260 g/mol. The number of aromatic nitrogens is 3. The minimum absolute atomic E-state index is 0.0397. The van der Waals surface area contributed by atoms with Crippen molar-refractivity contribution in [3.05, 3.63) is 31.5 Å². The number of aliphatic hydroxyl groups excluding tert-OH is 1. The van der Waals surface area contributed by atoms with Crippen molar-refractivity contribution in [3.63, 3.8) is 0 Å². The van der Waals surface area contributed by atoms with Crippen molar-refractivity contribution in [2.24, 2.45) is 0 Å². The first-order valence-corrected chi connectivity index (χ1v) is 4.99. The summed E-state index contributed by atoms with van der Waals surface area (Å²) in [7, 11) is 0. The number of aliphatic hydroxyl groups is 1. The second kappa shape index (κ2) is 6.39. The van der Waals surface area contributed by atoms with Crippen molar-refractivity contribution in [1.82, 2.24) is 19.9 Å². The van der Waals surface area contributed by atoms with Crippen LogP contribution < -0.4 is 22.4 Å². The number of ether oxygens (including phenoxy) is 1. The Morgan fingerprint density at radius 1 is 1.28 bits per heavy atom. The standard InChI is InChI=1S/C8H12N4O6/c13-3-1-9-8(17)18-4-2-12-6(15)10-5(14)11-7(12)16/h13H,1-4H2,(H,9,17)(H2,10,11,14,15,16). The molecule has 0 spiro atoms. The Morgan fingerprint density at radius 3 is 2.44 bits per heavy atom. The summed E-state index contributed by atoms with van der Waals surface area (Å²) in [5.41, 5.74) is -2.67. The molecule has 100 valence electrons. The highest BCUT2D eigenvalue weighted by Gasteiger charge is 2.05. The zero-order chi connectivity index (χ0) is 13.5. The van der Waals surface area contributed by atoms with Gasteiger partial charge in [-0.2, -0.15) is 0 Å². The molecular weight excluding hydrogens is 248 g/mol. The van der Waals surface area contributed by atoms with Crippen molar-refractivity contribution < 1.29 is 14.6 Å². The number of rotatable bonds is 5. The number of carbonyl (C=O) groups is 1. The van der Waals surface area contributed by atoms with Gasteiger partial charge in [0.25, 0.3) is 0 Å². The van der Waals surface area contributed by atoms with Gasteiger partial charge < -0.3 is 15.2 Å². The minimum atomic E-state index is -0.900. The number of hydrogen-bond donors (Lipinski definition) is 4. The fourth-order valence-electron chi connectivity index (χ4n) is 1.09. The lowest BCUT2D eigenvalue weighted by molar-refractivity contribution is 0.138. The van der Waals surface area contributed by atoms with E-state index >= 15 is 0 Å². The fourth-order valence-corrected chi connectivity index (χ4v) is 1.09. The Labute approximate surface area is 99.2 Å². The highest BCUT2D eigenvalue weighted by molar-refractivity contribution is 5.66. The van der Waals surface area contributed by atoms with Crippen molar-refractivity contribution >= 4 is 6.09 Å². The van der Waals surface area contributed by atoms with Gasteiger partial charge in [-0.15, -0.1) is 0 Å². The topological polar surface area (TPSA) is 146 Å². The minimum Gasteiger partial charge on any atom is -0.448 e. The third kappa shape index (κ3) is 3.90. The first-order valence-electron chi connectivity index (χ1n) is 4.99. The molecule has 0 aromatic carbocycles. The second-order valence-electron chi connectivity index (χ2n) is 3.13. The summed E-state index contributed by atoms with van der Waals surface area (Å²) in [5, 5.41) is 10.6. The van der Waals surface area contributed by atoms with Crippen LogP contribution in [0.3, 0.4) is 0 Å². The second-order valence-corrected chi connectivity index (χ2v) is 3.13. The number of nitrogens with one attached hydrogen (secondary N) is 3. The van der Waals surface area contributed by atoms with Crippen LogP contribution in [0.4, 0.5) is 4.79 Å². The fraction of sp³-hybridized carbons (Fsp3) is 0.500. The van der Waals surface area contributed by atoms with E-state index in [2.05, 4.69) is 10.1 Å². The Hall–Kier alpha value is -2.36. The van der Waals surface area contributed by atoms with E-state index in [9.17, 15) is 19.2 Å². The highest BCUT2D eigenvalue weighted by atomic mass is 16.5. The van der Waals surface area contributed by atoms with Gasteiger partial charge in [0.15, 0.2) is 0 Å². The average molecular weight is 260 g/mol. The van der Waals surface area contributed by atoms with Crippen LogP contribution in [0.5, 0.6) is 0 Å². The molecule has 0 aliphatic rings. The normalized spacial score (nSPS) is 10.1. The Morgan fingerprint density at radius 2 is 1.89 bits per heavy atom. The maximum absolute atomic E-state index is 11.2. The zero-order valence-electron chi connectivity index (χ0n) is 9.26. The molecule has 10 heteroatoms. The predicted molar refractivity (Wildman–Crippen MR) is 58.4 cm³/mol. The van der Waals surface area contributed by atoms with Crippen molar-refractivity contribution in [2.45, 2.75) is 6.54 Å². The molecule has 0 aliphatic carbocycles. The average Bonchev–Trinajstić information content (AvgIpc) is 2.29. The summed E-state index contributed by atoms with van der Waals surface area (Å²) in [5.74, 6) is 0. The van der Waals surface area contributed by atoms with Gasteiger partial charge in [-0.3, -0.25) is 9.97 Å². The summed E-state index contributed by atoms with van der Waals surface area (Å²) < 4.78 is 5.30. The Balaban J connectivity index is 2.55. The number of alkyl carbamates (subject to hydrolysis) is 1. The van der Waals surface area contributed by atoms with Crippen molar-refractivity contribution in [2.75, 3.05) is 19.8 Å². The SMILES string of the molecule is O=C(NCCO)OCCn1c(=O)[nH]c(=O)[nH]c1=O. The lowest BCUT2D eigenvalue weighted by atomic mass is 10.6. The lowest BCUT2D eigenvalue weighted by Crippen LogP contribution is -2.44. The van der Waals surface area contributed by atoms with Crippen molar-refractivity contribution in [1.29, 1.82) is 0 Å². The molecule has 4 N–H and O–H groups in total. The molecule has 0 radical (unpaired) electrons. The van der Waals surface area contributed by atoms with Gasteiger partial charge in [-0.1, -0.05) is 0 Å². The van der Waals surface area contributed by atoms with E-state index < -0.39 is 23.2 Å². The van der Waals surface area contributed by atoms with Crippen LogP contribution in [0.15, 0.2) is 14.4 Å². The first-order chi connectivity index (χ1) is 8.54. The van der Waals surface area contributed by atoms with Crippen LogP contribution in [-0.2, 0) is 11.3 Å². The summed E-state index contributed by atoms with van der Waals surface area (Å²) in [6, 6.07) is 0. The van der Waals surface area contributed by atoms with E-state index in [0.717, 1.165) is 0 Å². The number of nitrogens with zero attached hydrogens (tertiary/aromatic N) is 1. The van der Waals surface area contributed by atoms with Gasteiger partial charge >= 0.3 is 23.2 Å². The van der Waals surface area contributed by atoms with Crippen LogP contribution in [0.25, 0.3) is 0 Å². The molecule has 0 saturated carbocycles. The molecule has 1 aromatic heterocycles. The van der Waals surface area contributed by atoms with Gasteiger partial charge in [0.05, 0.1) is 13.2 Å². The van der Waals surface area contributed by atoms with E-state index in [1.165, 1.54) is 0 Å². The van der Waals surface area contributed by atoms with E-state index in [1.807, 2.05) is 9.97 Å². The Kier molecular flexibility index (Phi) is 4.87. The van der Waals surface area contributed by atoms with Crippen LogP contribution >= 0.6 is 0 Å².